The first kappa shape index (κ1) is 14.1. The highest BCUT2D eigenvalue weighted by Gasteiger charge is 2.16. The van der Waals surface area contributed by atoms with Crippen molar-refractivity contribution < 1.29 is 9.72 Å². The second-order valence-corrected chi connectivity index (χ2v) is 4.07. The molecule has 1 aromatic carbocycles. The molecule has 0 aliphatic rings. The highest BCUT2D eigenvalue weighted by Crippen LogP contribution is 2.19. The van der Waals surface area contributed by atoms with Crippen LogP contribution < -0.4 is 11.1 Å². The van der Waals surface area contributed by atoms with E-state index < -0.39 is 4.92 Å². The van der Waals surface area contributed by atoms with Crippen LogP contribution in [-0.2, 0) is 0 Å². The highest BCUT2D eigenvalue weighted by atomic mass is 16.6. The fourth-order valence-electron chi connectivity index (χ4n) is 1.54. The third kappa shape index (κ3) is 3.27. The number of hydrogen-bond donors (Lipinski definition) is 2. The van der Waals surface area contributed by atoms with Gasteiger partial charge in [0.2, 0.25) is 0 Å². The van der Waals surface area contributed by atoms with Gasteiger partial charge in [0.05, 0.1) is 4.92 Å². The molecular weight excluding hydrogens is 234 g/mol. The summed E-state index contributed by atoms with van der Waals surface area (Å²) in [6, 6.07) is 4.31. The third-order valence-electron chi connectivity index (χ3n) is 2.78. The number of aryl methyl sites for hydroxylation is 1. The molecule has 0 bridgehead atoms. The maximum atomic E-state index is 11.9. The minimum atomic E-state index is -0.494. The lowest BCUT2D eigenvalue weighted by Gasteiger charge is -2.14. The monoisotopic (exact) mass is 251 g/mol. The Morgan fingerprint density at radius 3 is 2.72 bits per heavy atom. The average Bonchev–Trinajstić information content (AvgIpc) is 2.35. The highest BCUT2D eigenvalue weighted by molar-refractivity contribution is 5.95. The van der Waals surface area contributed by atoms with Crippen LogP contribution in [-0.4, -0.2) is 23.4 Å². The van der Waals surface area contributed by atoms with E-state index >= 15 is 0 Å². The Bertz CT molecular complexity index is 456. The number of nitro groups is 1. The van der Waals surface area contributed by atoms with Gasteiger partial charge in [-0.3, -0.25) is 14.9 Å². The molecule has 1 rings (SSSR count). The van der Waals surface area contributed by atoms with Crippen molar-refractivity contribution in [2.45, 2.75) is 26.3 Å². The molecule has 1 amide bonds. The summed E-state index contributed by atoms with van der Waals surface area (Å²) in [5.41, 5.74) is 6.24. The first-order valence-electron chi connectivity index (χ1n) is 5.75. The second kappa shape index (κ2) is 6.11. The zero-order valence-corrected chi connectivity index (χ0v) is 10.5. The van der Waals surface area contributed by atoms with Gasteiger partial charge in [-0.1, -0.05) is 13.0 Å². The predicted octanol–water partition coefficient (Wildman–Crippen LogP) is 1.37. The summed E-state index contributed by atoms with van der Waals surface area (Å²) in [6.07, 6.45) is 0.718. The van der Waals surface area contributed by atoms with Crippen LogP contribution >= 0.6 is 0 Å². The Kier molecular flexibility index (Phi) is 4.79. The molecule has 1 atom stereocenters. The first-order valence-corrected chi connectivity index (χ1v) is 5.75. The van der Waals surface area contributed by atoms with Crippen LogP contribution in [0.3, 0.4) is 0 Å². The van der Waals surface area contributed by atoms with Crippen LogP contribution in [0.4, 0.5) is 5.69 Å². The van der Waals surface area contributed by atoms with Crippen molar-refractivity contribution in [1.82, 2.24) is 5.32 Å². The van der Waals surface area contributed by atoms with E-state index in [2.05, 4.69) is 5.32 Å². The van der Waals surface area contributed by atoms with Crippen LogP contribution in [0, 0.1) is 17.0 Å². The van der Waals surface area contributed by atoms with Crippen LogP contribution in [0.5, 0.6) is 0 Å². The summed E-state index contributed by atoms with van der Waals surface area (Å²) in [4.78, 5) is 22.2. The van der Waals surface area contributed by atoms with Crippen molar-refractivity contribution in [3.05, 3.63) is 39.4 Å². The van der Waals surface area contributed by atoms with E-state index in [1.54, 1.807) is 19.1 Å². The zero-order valence-electron chi connectivity index (χ0n) is 10.5. The minimum Gasteiger partial charge on any atom is -0.348 e. The van der Waals surface area contributed by atoms with Crippen molar-refractivity contribution >= 4 is 11.6 Å². The molecule has 0 heterocycles. The Balaban J connectivity index is 2.93. The van der Waals surface area contributed by atoms with E-state index in [-0.39, 0.29) is 23.2 Å². The molecule has 6 nitrogen and oxygen atoms in total. The van der Waals surface area contributed by atoms with Gasteiger partial charge >= 0.3 is 0 Å². The van der Waals surface area contributed by atoms with Gasteiger partial charge in [0, 0.05) is 29.8 Å². The fourth-order valence-corrected chi connectivity index (χ4v) is 1.54. The molecule has 0 radical (unpaired) electrons. The topological polar surface area (TPSA) is 98.3 Å². The van der Waals surface area contributed by atoms with Crippen LogP contribution in [0.1, 0.15) is 29.3 Å². The molecular formula is C12H17N3O3. The molecule has 6 heteroatoms. The second-order valence-electron chi connectivity index (χ2n) is 4.07. The number of benzene rings is 1. The van der Waals surface area contributed by atoms with Gasteiger partial charge in [-0.2, -0.15) is 0 Å². The Morgan fingerprint density at radius 2 is 2.22 bits per heavy atom. The number of amides is 1. The van der Waals surface area contributed by atoms with Crippen LogP contribution in [0.15, 0.2) is 18.2 Å². The lowest BCUT2D eigenvalue weighted by atomic mass is 10.1. The summed E-state index contributed by atoms with van der Waals surface area (Å²) in [5, 5.41) is 13.5. The molecule has 3 N–H and O–H groups in total. The van der Waals surface area contributed by atoms with E-state index in [4.69, 9.17) is 5.73 Å². The number of nitrogens with two attached hydrogens (primary N) is 1. The quantitative estimate of drug-likeness (QED) is 0.610. The van der Waals surface area contributed by atoms with Crippen molar-refractivity contribution in [2.24, 2.45) is 5.73 Å². The van der Waals surface area contributed by atoms with Crippen LogP contribution in [0.25, 0.3) is 0 Å². The van der Waals surface area contributed by atoms with Crippen molar-refractivity contribution in [2.75, 3.05) is 6.54 Å². The van der Waals surface area contributed by atoms with E-state index in [0.29, 0.717) is 12.1 Å². The number of carbonyl (C=O) groups excluding carboxylic acids is 1. The van der Waals surface area contributed by atoms with Gasteiger partial charge in [0.1, 0.15) is 0 Å². The maximum Gasteiger partial charge on any atom is 0.273 e. The lowest BCUT2D eigenvalue weighted by molar-refractivity contribution is -0.385. The molecule has 0 saturated heterocycles. The number of rotatable bonds is 5. The summed E-state index contributed by atoms with van der Waals surface area (Å²) >= 11 is 0. The van der Waals surface area contributed by atoms with Gasteiger partial charge < -0.3 is 11.1 Å². The SMILES string of the molecule is CCC(CN)NC(=O)c1ccc(C)c([N+](=O)[O-])c1. The van der Waals surface area contributed by atoms with Gasteiger partial charge in [0.15, 0.2) is 0 Å². The minimum absolute atomic E-state index is 0.0524. The van der Waals surface area contributed by atoms with E-state index in [9.17, 15) is 14.9 Å². The summed E-state index contributed by atoms with van der Waals surface area (Å²) in [7, 11) is 0. The number of carbonyl (C=O) groups is 1. The number of hydrogen-bond acceptors (Lipinski definition) is 4. The molecule has 18 heavy (non-hydrogen) atoms. The molecule has 1 aromatic rings. The zero-order chi connectivity index (χ0) is 13.7. The van der Waals surface area contributed by atoms with Gasteiger partial charge in [-0.15, -0.1) is 0 Å². The van der Waals surface area contributed by atoms with Gasteiger partial charge in [-0.05, 0) is 19.4 Å². The molecule has 0 aliphatic heterocycles. The van der Waals surface area contributed by atoms with E-state index in [1.165, 1.54) is 6.07 Å². The Labute approximate surface area is 105 Å². The van der Waals surface area contributed by atoms with Gasteiger partial charge in [-0.25, -0.2) is 0 Å². The molecule has 98 valence electrons. The molecule has 0 aliphatic carbocycles. The van der Waals surface area contributed by atoms with Crippen LogP contribution in [0.2, 0.25) is 0 Å². The summed E-state index contributed by atoms with van der Waals surface area (Å²) in [6.45, 7) is 3.89. The number of nitro benzene ring substituents is 1. The summed E-state index contributed by atoms with van der Waals surface area (Å²) < 4.78 is 0. The lowest BCUT2D eigenvalue weighted by Crippen LogP contribution is -2.39. The van der Waals surface area contributed by atoms with Crippen molar-refractivity contribution in [3.63, 3.8) is 0 Å². The van der Waals surface area contributed by atoms with E-state index in [0.717, 1.165) is 6.42 Å². The number of nitrogens with zero attached hydrogens (tertiary/aromatic N) is 1. The van der Waals surface area contributed by atoms with Crippen molar-refractivity contribution in [1.29, 1.82) is 0 Å². The standard InChI is InChI=1S/C12H17N3O3/c1-3-10(7-13)14-12(16)9-5-4-8(2)11(6-9)15(17)18/h4-6,10H,3,7,13H2,1-2H3,(H,14,16). The molecule has 0 fully saturated rings. The smallest absolute Gasteiger partial charge is 0.273 e. The van der Waals surface area contributed by atoms with Crippen molar-refractivity contribution in [3.8, 4) is 0 Å². The summed E-state index contributed by atoms with van der Waals surface area (Å²) in [5.74, 6) is -0.338. The molecule has 0 saturated carbocycles. The van der Waals surface area contributed by atoms with Gasteiger partial charge in [0.25, 0.3) is 11.6 Å². The predicted molar refractivity (Wildman–Crippen MR) is 68.4 cm³/mol. The average molecular weight is 251 g/mol. The number of nitrogens with one attached hydrogen (secondary N) is 1. The molecule has 0 aromatic heterocycles. The maximum absolute atomic E-state index is 11.9. The third-order valence-corrected chi connectivity index (χ3v) is 2.78. The molecule has 1 unspecified atom stereocenters. The first-order chi connectivity index (χ1) is 8.49. The molecule has 0 spiro atoms. The largest absolute Gasteiger partial charge is 0.348 e. The Morgan fingerprint density at radius 1 is 1.56 bits per heavy atom. The Hall–Kier alpha value is -1.95. The normalized spacial score (nSPS) is 11.9. The fraction of sp³-hybridized carbons (Fsp3) is 0.417. The van der Waals surface area contributed by atoms with E-state index in [1.807, 2.05) is 6.92 Å².